The average molecular weight is 456 g/mol. The van der Waals surface area contributed by atoms with Gasteiger partial charge in [0.15, 0.2) is 5.96 Å². The zero-order valence-electron chi connectivity index (χ0n) is 14.9. The molecule has 138 valence electrons. The van der Waals surface area contributed by atoms with E-state index in [0.717, 1.165) is 51.4 Å². The van der Waals surface area contributed by atoms with Crippen LogP contribution in [0.5, 0.6) is 0 Å². The minimum atomic E-state index is -0.199. The minimum Gasteiger partial charge on any atom is -0.370 e. The van der Waals surface area contributed by atoms with Crippen LogP contribution in [0.3, 0.4) is 0 Å². The third-order valence-electron chi connectivity index (χ3n) is 5.07. The Morgan fingerprint density at radius 3 is 2.92 bits per heavy atom. The van der Waals surface area contributed by atoms with Crippen LogP contribution in [0, 0.1) is 5.92 Å². The van der Waals surface area contributed by atoms with Crippen LogP contribution >= 0.6 is 24.0 Å². The van der Waals surface area contributed by atoms with Crippen LogP contribution in [0.4, 0.5) is 0 Å². The van der Waals surface area contributed by atoms with Gasteiger partial charge in [0, 0.05) is 38.5 Å². The van der Waals surface area contributed by atoms with Crippen molar-refractivity contribution in [3.8, 4) is 0 Å². The van der Waals surface area contributed by atoms with Crippen molar-refractivity contribution < 1.29 is 4.79 Å². The lowest BCUT2D eigenvalue weighted by molar-refractivity contribution is -0.119. The molecule has 1 aromatic rings. The molecular formula is C19H29IN4O. The molecule has 0 spiro atoms. The molecule has 0 aromatic heterocycles. The predicted octanol–water partition coefficient (Wildman–Crippen LogP) is 2.50. The molecule has 3 N–H and O–H groups in total. The summed E-state index contributed by atoms with van der Waals surface area (Å²) in [5.74, 6) is 1.68. The SMILES string of the molecule is CCNC(=NCC1Cc2ccccc21)N1CCCC(CC(N)=O)C1.I. The van der Waals surface area contributed by atoms with E-state index >= 15 is 0 Å². The van der Waals surface area contributed by atoms with Crippen LogP contribution in [0.15, 0.2) is 29.3 Å². The van der Waals surface area contributed by atoms with Crippen LogP contribution in [0.2, 0.25) is 0 Å². The number of carbonyl (C=O) groups is 1. The number of hydrogen-bond acceptors (Lipinski definition) is 2. The number of guanidine groups is 1. The van der Waals surface area contributed by atoms with E-state index in [-0.39, 0.29) is 29.9 Å². The Kier molecular flexibility index (Phi) is 7.53. The van der Waals surface area contributed by atoms with Gasteiger partial charge >= 0.3 is 0 Å². The van der Waals surface area contributed by atoms with Gasteiger partial charge in [0.2, 0.25) is 5.91 Å². The normalized spacial score (nSPS) is 22.4. The van der Waals surface area contributed by atoms with E-state index in [4.69, 9.17) is 10.7 Å². The molecule has 2 unspecified atom stereocenters. The molecule has 25 heavy (non-hydrogen) atoms. The summed E-state index contributed by atoms with van der Waals surface area (Å²) in [5.41, 5.74) is 8.28. The molecule has 2 atom stereocenters. The van der Waals surface area contributed by atoms with Crippen molar-refractivity contribution in [3.63, 3.8) is 0 Å². The number of nitrogens with two attached hydrogens (primary N) is 1. The number of rotatable bonds is 5. The molecule has 6 heteroatoms. The van der Waals surface area contributed by atoms with Crippen molar-refractivity contribution in [1.29, 1.82) is 0 Å². The standard InChI is InChI=1S/C19H28N4O.HI/c1-2-21-19(23-9-5-6-14(13-23)10-18(20)24)22-12-16-11-15-7-3-4-8-17(15)16;/h3-4,7-8,14,16H,2,5-6,9-13H2,1H3,(H2,20,24)(H,21,22);1H. The number of piperidine rings is 1. The van der Waals surface area contributed by atoms with Gasteiger partial charge in [-0.1, -0.05) is 24.3 Å². The minimum absolute atomic E-state index is 0. The van der Waals surface area contributed by atoms with Gasteiger partial charge in [-0.15, -0.1) is 24.0 Å². The molecule has 1 fully saturated rings. The second kappa shape index (κ2) is 9.40. The van der Waals surface area contributed by atoms with Crippen molar-refractivity contribution in [1.82, 2.24) is 10.2 Å². The number of fused-ring (bicyclic) bond motifs is 1. The lowest BCUT2D eigenvalue weighted by atomic mass is 9.78. The lowest BCUT2D eigenvalue weighted by Crippen LogP contribution is -2.47. The fourth-order valence-electron chi connectivity index (χ4n) is 3.86. The molecule has 2 aliphatic rings. The van der Waals surface area contributed by atoms with Crippen LogP contribution in [-0.2, 0) is 11.2 Å². The molecule has 0 saturated carbocycles. The molecule has 1 heterocycles. The number of halogens is 1. The van der Waals surface area contributed by atoms with E-state index in [1.807, 2.05) is 0 Å². The van der Waals surface area contributed by atoms with Gasteiger partial charge in [-0.05, 0) is 43.2 Å². The fourth-order valence-corrected chi connectivity index (χ4v) is 3.86. The molecule has 5 nitrogen and oxygen atoms in total. The third-order valence-corrected chi connectivity index (χ3v) is 5.07. The van der Waals surface area contributed by atoms with Gasteiger partial charge < -0.3 is 16.0 Å². The monoisotopic (exact) mass is 456 g/mol. The van der Waals surface area contributed by atoms with Crippen LogP contribution in [-0.4, -0.2) is 42.9 Å². The number of amides is 1. The van der Waals surface area contributed by atoms with Crippen LogP contribution < -0.4 is 11.1 Å². The summed E-state index contributed by atoms with van der Waals surface area (Å²) in [6, 6.07) is 8.64. The Balaban J connectivity index is 0.00000225. The number of likely N-dealkylation sites (tertiary alicyclic amines) is 1. The molecule has 3 rings (SSSR count). The number of benzene rings is 1. The van der Waals surface area contributed by atoms with Gasteiger partial charge in [0.1, 0.15) is 0 Å². The average Bonchev–Trinajstić information content (AvgIpc) is 2.54. The number of carbonyl (C=O) groups excluding carboxylic acids is 1. The smallest absolute Gasteiger partial charge is 0.217 e. The zero-order chi connectivity index (χ0) is 16.9. The van der Waals surface area contributed by atoms with Crippen molar-refractivity contribution in [2.24, 2.45) is 16.6 Å². The van der Waals surface area contributed by atoms with E-state index < -0.39 is 0 Å². The highest BCUT2D eigenvalue weighted by Gasteiger charge is 2.27. The largest absolute Gasteiger partial charge is 0.370 e. The number of nitrogens with zero attached hydrogens (tertiary/aromatic N) is 2. The number of primary amides is 1. The zero-order valence-corrected chi connectivity index (χ0v) is 17.2. The maximum Gasteiger partial charge on any atom is 0.217 e. The van der Waals surface area contributed by atoms with Gasteiger partial charge in [-0.25, -0.2) is 0 Å². The van der Waals surface area contributed by atoms with E-state index in [2.05, 4.69) is 41.4 Å². The Hall–Kier alpha value is -1.31. The number of hydrogen-bond donors (Lipinski definition) is 2. The Bertz CT molecular complexity index is 619. The van der Waals surface area contributed by atoms with Gasteiger partial charge in [0.25, 0.3) is 0 Å². The molecule has 0 bridgehead atoms. The number of nitrogens with one attached hydrogen (secondary N) is 1. The van der Waals surface area contributed by atoms with Gasteiger partial charge in [-0.3, -0.25) is 9.79 Å². The summed E-state index contributed by atoms with van der Waals surface area (Å²) in [4.78, 5) is 18.4. The van der Waals surface area contributed by atoms with E-state index in [9.17, 15) is 4.79 Å². The molecule has 1 aliphatic carbocycles. The summed E-state index contributed by atoms with van der Waals surface area (Å²) >= 11 is 0. The first kappa shape index (κ1) is 20.0. The quantitative estimate of drug-likeness (QED) is 0.407. The fraction of sp³-hybridized carbons (Fsp3) is 0.579. The molecule has 0 radical (unpaired) electrons. The second-order valence-electron chi connectivity index (χ2n) is 6.92. The number of aliphatic imine (C=N–C) groups is 1. The Morgan fingerprint density at radius 2 is 2.20 bits per heavy atom. The maximum atomic E-state index is 11.2. The first-order chi connectivity index (χ1) is 11.7. The van der Waals surface area contributed by atoms with Crippen LogP contribution in [0.1, 0.15) is 43.2 Å². The summed E-state index contributed by atoms with van der Waals surface area (Å²) in [7, 11) is 0. The predicted molar refractivity (Wildman–Crippen MR) is 112 cm³/mol. The molecular weight excluding hydrogens is 427 g/mol. The lowest BCUT2D eigenvalue weighted by Gasteiger charge is -2.35. The maximum absolute atomic E-state index is 11.2. The summed E-state index contributed by atoms with van der Waals surface area (Å²) < 4.78 is 0. The van der Waals surface area contributed by atoms with Crippen molar-refractivity contribution in [2.45, 2.75) is 38.5 Å². The van der Waals surface area contributed by atoms with Crippen molar-refractivity contribution >= 4 is 35.8 Å². The second-order valence-corrected chi connectivity index (χ2v) is 6.92. The molecule has 1 aromatic carbocycles. The Labute approximate surface area is 167 Å². The van der Waals surface area contributed by atoms with E-state index in [0.29, 0.717) is 18.3 Å². The topological polar surface area (TPSA) is 70.7 Å². The van der Waals surface area contributed by atoms with E-state index in [1.165, 1.54) is 11.1 Å². The van der Waals surface area contributed by atoms with E-state index in [1.54, 1.807) is 0 Å². The van der Waals surface area contributed by atoms with Crippen molar-refractivity contribution in [2.75, 3.05) is 26.2 Å². The third kappa shape index (κ3) is 5.09. The van der Waals surface area contributed by atoms with Gasteiger partial charge in [0.05, 0.1) is 0 Å². The van der Waals surface area contributed by atoms with Gasteiger partial charge in [-0.2, -0.15) is 0 Å². The van der Waals surface area contributed by atoms with Crippen LogP contribution in [0.25, 0.3) is 0 Å². The molecule has 1 aliphatic heterocycles. The highest BCUT2D eigenvalue weighted by Crippen LogP contribution is 2.34. The first-order valence-corrected chi connectivity index (χ1v) is 9.06. The van der Waals surface area contributed by atoms with Crippen molar-refractivity contribution in [3.05, 3.63) is 35.4 Å². The Morgan fingerprint density at radius 1 is 1.40 bits per heavy atom. The summed E-state index contributed by atoms with van der Waals surface area (Å²) in [5, 5.41) is 3.41. The summed E-state index contributed by atoms with van der Waals surface area (Å²) in [6.45, 7) is 5.66. The molecule has 1 amide bonds. The first-order valence-electron chi connectivity index (χ1n) is 9.06. The molecule has 1 saturated heterocycles. The highest BCUT2D eigenvalue weighted by atomic mass is 127. The summed E-state index contributed by atoms with van der Waals surface area (Å²) in [6.07, 6.45) is 3.78. The highest BCUT2D eigenvalue weighted by molar-refractivity contribution is 14.0.